The van der Waals surface area contributed by atoms with E-state index in [0.717, 1.165) is 11.6 Å². The standard InChI is InChI=1S/C14H17N5O/c1-19-12(17-18-13(19)10-3-2-4-10)9-16-14(20)11-5-7-15-8-6-11/h5-8,10H,2-4,9H2,1H3,(H,16,20). The van der Waals surface area contributed by atoms with E-state index in [1.807, 2.05) is 11.6 Å². The molecule has 6 nitrogen and oxygen atoms in total. The highest BCUT2D eigenvalue weighted by Gasteiger charge is 2.25. The Bertz CT molecular complexity index is 603. The Morgan fingerprint density at radius 3 is 2.75 bits per heavy atom. The van der Waals surface area contributed by atoms with Gasteiger partial charge in [0.05, 0.1) is 6.54 Å². The summed E-state index contributed by atoms with van der Waals surface area (Å²) in [4.78, 5) is 15.8. The number of pyridine rings is 1. The van der Waals surface area contributed by atoms with Gasteiger partial charge in [-0.25, -0.2) is 0 Å². The molecule has 0 aliphatic heterocycles. The lowest BCUT2D eigenvalue weighted by Crippen LogP contribution is -2.25. The van der Waals surface area contributed by atoms with Gasteiger partial charge >= 0.3 is 0 Å². The number of nitrogens with one attached hydrogen (secondary N) is 1. The van der Waals surface area contributed by atoms with E-state index in [9.17, 15) is 4.79 Å². The van der Waals surface area contributed by atoms with Crippen LogP contribution in [0, 0.1) is 0 Å². The van der Waals surface area contributed by atoms with Gasteiger partial charge in [-0.05, 0) is 25.0 Å². The molecule has 2 aromatic rings. The molecule has 1 aliphatic carbocycles. The third-order valence-corrected chi connectivity index (χ3v) is 3.82. The molecule has 0 radical (unpaired) electrons. The molecule has 2 aromatic heterocycles. The van der Waals surface area contributed by atoms with Crippen molar-refractivity contribution in [2.45, 2.75) is 31.7 Å². The van der Waals surface area contributed by atoms with Gasteiger partial charge in [0.15, 0.2) is 5.82 Å². The highest BCUT2D eigenvalue weighted by Crippen LogP contribution is 2.34. The molecule has 104 valence electrons. The van der Waals surface area contributed by atoms with Crippen LogP contribution in [0.3, 0.4) is 0 Å². The molecule has 1 N–H and O–H groups in total. The van der Waals surface area contributed by atoms with Crippen LogP contribution in [-0.2, 0) is 13.6 Å². The second kappa shape index (κ2) is 5.40. The van der Waals surface area contributed by atoms with Crippen molar-refractivity contribution in [2.75, 3.05) is 0 Å². The van der Waals surface area contributed by atoms with E-state index in [-0.39, 0.29) is 5.91 Å². The van der Waals surface area contributed by atoms with Gasteiger partial charge in [-0.15, -0.1) is 10.2 Å². The first-order valence-electron chi connectivity index (χ1n) is 6.82. The first kappa shape index (κ1) is 12.8. The summed E-state index contributed by atoms with van der Waals surface area (Å²) >= 11 is 0. The van der Waals surface area contributed by atoms with Crippen LogP contribution in [0.5, 0.6) is 0 Å². The van der Waals surface area contributed by atoms with Gasteiger partial charge in [0.2, 0.25) is 0 Å². The van der Waals surface area contributed by atoms with Crippen LogP contribution >= 0.6 is 0 Å². The fraction of sp³-hybridized carbons (Fsp3) is 0.429. The van der Waals surface area contributed by atoms with Gasteiger partial charge in [0.1, 0.15) is 5.82 Å². The highest BCUT2D eigenvalue weighted by atomic mass is 16.1. The van der Waals surface area contributed by atoms with Crippen molar-refractivity contribution in [3.8, 4) is 0 Å². The minimum Gasteiger partial charge on any atom is -0.345 e. The predicted molar refractivity (Wildman–Crippen MR) is 73.0 cm³/mol. The van der Waals surface area contributed by atoms with E-state index < -0.39 is 0 Å². The number of hydrogen-bond donors (Lipinski definition) is 1. The highest BCUT2D eigenvalue weighted by molar-refractivity contribution is 5.93. The van der Waals surface area contributed by atoms with Gasteiger partial charge in [-0.2, -0.15) is 0 Å². The van der Waals surface area contributed by atoms with E-state index in [1.165, 1.54) is 19.3 Å². The first-order valence-corrected chi connectivity index (χ1v) is 6.82. The van der Waals surface area contributed by atoms with Gasteiger partial charge in [-0.3, -0.25) is 9.78 Å². The Kier molecular flexibility index (Phi) is 3.45. The lowest BCUT2D eigenvalue weighted by Gasteiger charge is -2.24. The molecule has 0 spiro atoms. The number of aromatic nitrogens is 4. The molecular weight excluding hydrogens is 254 g/mol. The number of carbonyl (C=O) groups is 1. The number of amides is 1. The Morgan fingerprint density at radius 1 is 1.35 bits per heavy atom. The lowest BCUT2D eigenvalue weighted by molar-refractivity contribution is 0.0949. The largest absolute Gasteiger partial charge is 0.345 e. The zero-order valence-corrected chi connectivity index (χ0v) is 11.4. The number of rotatable bonds is 4. The van der Waals surface area contributed by atoms with E-state index in [1.54, 1.807) is 24.5 Å². The molecule has 0 unspecified atom stereocenters. The fourth-order valence-electron chi connectivity index (χ4n) is 2.32. The van der Waals surface area contributed by atoms with Gasteiger partial charge in [0, 0.05) is 30.9 Å². The van der Waals surface area contributed by atoms with Crippen molar-refractivity contribution in [3.63, 3.8) is 0 Å². The summed E-state index contributed by atoms with van der Waals surface area (Å²) in [5.74, 6) is 2.23. The molecule has 0 atom stereocenters. The minimum absolute atomic E-state index is 0.124. The third kappa shape index (κ3) is 2.41. The molecule has 6 heteroatoms. The third-order valence-electron chi connectivity index (χ3n) is 3.82. The summed E-state index contributed by atoms with van der Waals surface area (Å²) in [5.41, 5.74) is 0.599. The Balaban J connectivity index is 1.64. The van der Waals surface area contributed by atoms with Gasteiger partial charge < -0.3 is 9.88 Å². The normalized spacial score (nSPS) is 14.8. The fourth-order valence-corrected chi connectivity index (χ4v) is 2.32. The summed E-state index contributed by atoms with van der Waals surface area (Å²) in [7, 11) is 1.96. The monoisotopic (exact) mass is 271 g/mol. The second-order valence-electron chi connectivity index (χ2n) is 5.08. The summed E-state index contributed by atoms with van der Waals surface area (Å²) in [6.45, 7) is 0.386. The smallest absolute Gasteiger partial charge is 0.251 e. The molecule has 1 fully saturated rings. The molecule has 1 amide bonds. The molecule has 2 heterocycles. The van der Waals surface area contributed by atoms with Crippen LogP contribution < -0.4 is 5.32 Å². The number of carbonyl (C=O) groups excluding carboxylic acids is 1. The van der Waals surface area contributed by atoms with Crippen LogP contribution in [0.1, 0.15) is 47.2 Å². The maximum Gasteiger partial charge on any atom is 0.251 e. The van der Waals surface area contributed by atoms with Crippen molar-refractivity contribution in [3.05, 3.63) is 41.7 Å². The minimum atomic E-state index is -0.124. The predicted octanol–water partition coefficient (Wildman–Crippen LogP) is 1.41. The molecule has 1 saturated carbocycles. The maximum absolute atomic E-state index is 11.9. The maximum atomic E-state index is 11.9. The van der Waals surface area contributed by atoms with Crippen LogP contribution in [0.25, 0.3) is 0 Å². The average molecular weight is 271 g/mol. The first-order chi connectivity index (χ1) is 9.75. The lowest BCUT2D eigenvalue weighted by atomic mass is 9.85. The van der Waals surface area contributed by atoms with E-state index in [4.69, 9.17) is 0 Å². The second-order valence-corrected chi connectivity index (χ2v) is 5.08. The van der Waals surface area contributed by atoms with Crippen molar-refractivity contribution < 1.29 is 4.79 Å². The topological polar surface area (TPSA) is 72.7 Å². The summed E-state index contributed by atoms with van der Waals surface area (Å²) in [6.07, 6.45) is 6.86. The number of nitrogens with zero attached hydrogens (tertiary/aromatic N) is 4. The molecule has 0 bridgehead atoms. The molecule has 3 rings (SSSR count). The summed E-state index contributed by atoms with van der Waals surface area (Å²) in [6, 6.07) is 3.37. The molecule has 0 saturated heterocycles. The van der Waals surface area contributed by atoms with E-state index >= 15 is 0 Å². The average Bonchev–Trinajstić information content (AvgIpc) is 2.77. The molecule has 0 aromatic carbocycles. The van der Waals surface area contributed by atoms with Crippen LogP contribution in [0.4, 0.5) is 0 Å². The Labute approximate surface area is 117 Å². The van der Waals surface area contributed by atoms with Gasteiger partial charge in [-0.1, -0.05) is 6.42 Å². The van der Waals surface area contributed by atoms with Crippen molar-refractivity contribution in [2.24, 2.45) is 7.05 Å². The van der Waals surface area contributed by atoms with E-state index in [0.29, 0.717) is 18.0 Å². The van der Waals surface area contributed by atoms with E-state index in [2.05, 4.69) is 20.5 Å². The SMILES string of the molecule is Cn1c(CNC(=O)c2ccncc2)nnc1C1CCC1. The Morgan fingerprint density at radius 2 is 2.10 bits per heavy atom. The van der Waals surface area contributed by atoms with Crippen LogP contribution in [0.2, 0.25) is 0 Å². The van der Waals surface area contributed by atoms with Crippen molar-refractivity contribution >= 4 is 5.91 Å². The molecule has 1 aliphatic rings. The number of hydrogen-bond acceptors (Lipinski definition) is 4. The van der Waals surface area contributed by atoms with Crippen LogP contribution in [-0.4, -0.2) is 25.7 Å². The Hall–Kier alpha value is -2.24. The van der Waals surface area contributed by atoms with Gasteiger partial charge in [0.25, 0.3) is 5.91 Å². The summed E-state index contributed by atoms with van der Waals surface area (Å²) < 4.78 is 2.00. The zero-order chi connectivity index (χ0) is 13.9. The van der Waals surface area contributed by atoms with Crippen LogP contribution in [0.15, 0.2) is 24.5 Å². The zero-order valence-electron chi connectivity index (χ0n) is 11.4. The quantitative estimate of drug-likeness (QED) is 0.912. The summed E-state index contributed by atoms with van der Waals surface area (Å²) in [5, 5.41) is 11.3. The van der Waals surface area contributed by atoms with Crippen molar-refractivity contribution in [1.29, 1.82) is 0 Å². The van der Waals surface area contributed by atoms with Crippen molar-refractivity contribution in [1.82, 2.24) is 25.1 Å². The molecule has 20 heavy (non-hydrogen) atoms. The molecular formula is C14H17N5O.